The number of benzene rings is 3. The Balaban J connectivity index is 1.29. The number of fused-ring (bicyclic) bond motifs is 3. The van der Waals surface area contributed by atoms with Crippen molar-refractivity contribution < 1.29 is 19.8 Å². The van der Waals surface area contributed by atoms with Crippen LogP contribution in [0, 0.1) is 5.92 Å². The summed E-state index contributed by atoms with van der Waals surface area (Å²) in [6.07, 6.45) is 7.17. The number of carbonyl (C=O) groups excluding carboxylic acids is 2. The van der Waals surface area contributed by atoms with E-state index in [1.165, 1.54) is 9.58 Å². The zero-order valence-electron chi connectivity index (χ0n) is 24.5. The van der Waals surface area contributed by atoms with Crippen molar-refractivity contribution in [2.75, 3.05) is 18.1 Å². The van der Waals surface area contributed by atoms with Gasteiger partial charge in [-0.05, 0) is 41.8 Å². The van der Waals surface area contributed by atoms with E-state index in [-0.39, 0.29) is 37.1 Å². The third-order valence-corrected chi connectivity index (χ3v) is 8.77. The zero-order chi connectivity index (χ0) is 31.0. The summed E-state index contributed by atoms with van der Waals surface area (Å²) < 4.78 is 1.26. The lowest BCUT2D eigenvalue weighted by Crippen LogP contribution is -2.46. The molecule has 0 aliphatic carbocycles. The lowest BCUT2D eigenvalue weighted by molar-refractivity contribution is -0.139. The maximum Gasteiger partial charge on any atom is 0.279 e. The molecular weight excluding hydrogens is 556 g/mol. The average Bonchev–Trinajstić information content (AvgIpc) is 3.26. The van der Waals surface area contributed by atoms with Gasteiger partial charge in [-0.1, -0.05) is 67.6 Å². The van der Waals surface area contributed by atoms with Crippen LogP contribution < -0.4 is 10.5 Å². The maximum absolute atomic E-state index is 13.8. The van der Waals surface area contributed by atoms with Crippen LogP contribution in [0.4, 0.5) is 5.69 Å². The molecule has 3 aromatic carbocycles. The Morgan fingerprint density at radius 3 is 2.64 bits per heavy atom. The third-order valence-electron chi connectivity index (χ3n) is 8.77. The van der Waals surface area contributed by atoms with Crippen LogP contribution in [0.15, 0.2) is 103 Å². The van der Waals surface area contributed by atoms with E-state index in [0.717, 1.165) is 11.1 Å². The van der Waals surface area contributed by atoms with Gasteiger partial charge in [-0.2, -0.15) is 9.78 Å². The van der Waals surface area contributed by atoms with Crippen molar-refractivity contribution in [1.82, 2.24) is 14.7 Å². The van der Waals surface area contributed by atoms with Crippen molar-refractivity contribution in [3.63, 3.8) is 0 Å². The molecule has 3 heterocycles. The Hall–Kier alpha value is -4.86. The minimum Gasteiger partial charge on any atom is -0.394 e. The van der Waals surface area contributed by atoms with E-state index in [9.17, 15) is 24.6 Å². The van der Waals surface area contributed by atoms with Crippen LogP contribution in [0.25, 0.3) is 16.5 Å². The number of nitrogens with zero attached hydrogens (tertiary/aromatic N) is 4. The van der Waals surface area contributed by atoms with Gasteiger partial charge in [0, 0.05) is 36.4 Å². The van der Waals surface area contributed by atoms with Crippen molar-refractivity contribution in [2.45, 2.75) is 38.0 Å². The molecule has 0 spiro atoms. The molecule has 2 aliphatic heterocycles. The Kier molecular flexibility index (Phi) is 7.75. The summed E-state index contributed by atoms with van der Waals surface area (Å²) in [5.74, 6) is -1.38. The lowest BCUT2D eigenvalue weighted by Gasteiger charge is -2.36. The normalized spacial score (nSPS) is 20.2. The lowest BCUT2D eigenvalue weighted by atomic mass is 9.82. The number of hydrogen-bond acceptors (Lipinski definition) is 6. The number of aliphatic hydroxyl groups is 2. The number of aromatic nitrogens is 2. The summed E-state index contributed by atoms with van der Waals surface area (Å²) in [6, 6.07) is 19.8. The zero-order valence-corrected chi connectivity index (χ0v) is 24.5. The van der Waals surface area contributed by atoms with Crippen LogP contribution in [0.3, 0.4) is 0 Å². The van der Waals surface area contributed by atoms with Crippen molar-refractivity contribution in [3.05, 3.63) is 125 Å². The molecule has 2 N–H and O–H groups in total. The van der Waals surface area contributed by atoms with Gasteiger partial charge in [-0.15, -0.1) is 6.58 Å². The molecule has 2 aliphatic rings. The monoisotopic (exact) mass is 590 g/mol. The Morgan fingerprint density at radius 2 is 1.86 bits per heavy atom. The molecule has 224 valence electrons. The molecule has 6 rings (SSSR count). The highest BCUT2D eigenvalue weighted by atomic mass is 16.3. The van der Waals surface area contributed by atoms with Gasteiger partial charge >= 0.3 is 0 Å². The first-order chi connectivity index (χ1) is 21.3. The van der Waals surface area contributed by atoms with Gasteiger partial charge in [-0.3, -0.25) is 14.4 Å². The molecule has 0 unspecified atom stereocenters. The van der Waals surface area contributed by atoms with Gasteiger partial charge in [0.15, 0.2) is 5.60 Å². The van der Waals surface area contributed by atoms with Crippen LogP contribution in [0.5, 0.6) is 0 Å². The van der Waals surface area contributed by atoms with Gasteiger partial charge in [0.25, 0.3) is 11.5 Å². The number of carbonyl (C=O) groups is 2. The molecule has 9 nitrogen and oxygen atoms in total. The first kappa shape index (κ1) is 29.2. The van der Waals surface area contributed by atoms with Crippen molar-refractivity contribution in [1.29, 1.82) is 0 Å². The van der Waals surface area contributed by atoms with Gasteiger partial charge in [0.05, 0.1) is 35.6 Å². The molecule has 4 aromatic rings. The van der Waals surface area contributed by atoms with E-state index < -0.39 is 17.4 Å². The quantitative estimate of drug-likeness (QED) is 0.303. The summed E-state index contributed by atoms with van der Waals surface area (Å²) in [4.78, 5) is 43.5. The summed E-state index contributed by atoms with van der Waals surface area (Å²) in [7, 11) is 0. The van der Waals surface area contributed by atoms with Gasteiger partial charge in [-0.25, -0.2) is 0 Å². The second-order valence-corrected chi connectivity index (χ2v) is 11.4. The highest BCUT2D eigenvalue weighted by molar-refractivity contribution is 6.07. The number of anilines is 1. The Bertz CT molecular complexity index is 1860. The molecule has 3 atom stereocenters. The molecule has 2 amide bonds. The molecule has 1 aromatic heterocycles. The fraction of sp³-hybridized carbons (Fsp3) is 0.257. The third kappa shape index (κ3) is 4.84. The Morgan fingerprint density at radius 1 is 1.11 bits per heavy atom. The van der Waals surface area contributed by atoms with E-state index in [2.05, 4.69) is 11.7 Å². The smallest absolute Gasteiger partial charge is 0.279 e. The van der Waals surface area contributed by atoms with E-state index in [1.807, 2.05) is 36.4 Å². The minimum atomic E-state index is -1.95. The number of rotatable bonds is 8. The number of hydrogen-bond donors (Lipinski definition) is 2. The molecule has 0 saturated heterocycles. The minimum absolute atomic E-state index is 0.0486. The van der Waals surface area contributed by atoms with Gasteiger partial charge < -0.3 is 20.0 Å². The first-order valence-electron chi connectivity index (χ1n) is 14.7. The highest BCUT2D eigenvalue weighted by Crippen LogP contribution is 2.46. The van der Waals surface area contributed by atoms with E-state index in [0.29, 0.717) is 40.7 Å². The van der Waals surface area contributed by atoms with Crippen LogP contribution in [0.1, 0.15) is 30.0 Å². The molecule has 9 heteroatoms. The van der Waals surface area contributed by atoms with Crippen LogP contribution in [-0.2, 0) is 28.2 Å². The summed E-state index contributed by atoms with van der Waals surface area (Å²) >= 11 is 0. The average molecular weight is 591 g/mol. The fourth-order valence-corrected chi connectivity index (χ4v) is 6.32. The van der Waals surface area contributed by atoms with Crippen LogP contribution >= 0.6 is 0 Å². The van der Waals surface area contributed by atoms with E-state index >= 15 is 0 Å². The van der Waals surface area contributed by atoms with Crippen molar-refractivity contribution in [2.24, 2.45) is 5.92 Å². The van der Waals surface area contributed by atoms with Crippen LogP contribution in [-0.4, -0.2) is 55.9 Å². The molecule has 0 saturated carbocycles. The standard InChI is InChI=1S/C35H34N4O5/c1-3-17-37-31-16-15-27(39-33(42)29-13-7-6-11-25(29)20-36-39)19-30(31)35(44,34(37)43)23(2)9-8-14-32(41)38-21-26-12-5-4-10-24(26)18-28(38)22-40/h3-13,15-16,19-20,23,28,40,44H,1,14,17-18,21-22H2,2H3/b9-8+/t23-,28-,35+/m0/s1. The number of amides is 2. The largest absolute Gasteiger partial charge is 0.394 e. The van der Waals surface area contributed by atoms with Gasteiger partial charge in [0.1, 0.15) is 0 Å². The summed E-state index contributed by atoms with van der Waals surface area (Å²) in [5.41, 5.74) is 1.20. The fourth-order valence-electron chi connectivity index (χ4n) is 6.32. The molecular formula is C35H34N4O5. The Labute approximate surface area is 255 Å². The topological polar surface area (TPSA) is 116 Å². The molecule has 0 fully saturated rings. The summed E-state index contributed by atoms with van der Waals surface area (Å²) in [5, 5.41) is 27.6. The summed E-state index contributed by atoms with van der Waals surface area (Å²) in [6.45, 7) is 5.96. The van der Waals surface area contributed by atoms with Crippen LogP contribution in [0.2, 0.25) is 0 Å². The van der Waals surface area contributed by atoms with E-state index in [1.54, 1.807) is 66.6 Å². The molecule has 44 heavy (non-hydrogen) atoms. The molecule has 0 radical (unpaired) electrons. The molecule has 0 bridgehead atoms. The second kappa shape index (κ2) is 11.7. The highest BCUT2D eigenvalue weighted by Gasteiger charge is 2.52. The van der Waals surface area contributed by atoms with Gasteiger partial charge in [0.2, 0.25) is 5.91 Å². The second-order valence-electron chi connectivity index (χ2n) is 11.4. The SMILES string of the molecule is C=CCN1C(=O)[C@@](O)([C@@H](C)/C=C/CC(=O)N2Cc3ccccc3C[C@H]2CO)c2cc(-n3ncc4ccccc4c3=O)ccc21. The van der Waals surface area contributed by atoms with E-state index in [4.69, 9.17) is 0 Å². The predicted molar refractivity (Wildman–Crippen MR) is 168 cm³/mol. The predicted octanol–water partition coefficient (Wildman–Crippen LogP) is 3.63. The number of aliphatic hydroxyl groups excluding tert-OH is 1. The maximum atomic E-state index is 13.8. The first-order valence-corrected chi connectivity index (χ1v) is 14.7. The van der Waals surface area contributed by atoms with Crippen molar-refractivity contribution >= 4 is 28.3 Å². The van der Waals surface area contributed by atoms with Crippen molar-refractivity contribution in [3.8, 4) is 5.69 Å².